The number of fused-ring (bicyclic) bond motifs is 5. The molecule has 5 unspecified atom stereocenters. The summed E-state index contributed by atoms with van der Waals surface area (Å²) < 4.78 is 5.77. The molecule has 4 aliphatic carbocycles. The van der Waals surface area contributed by atoms with Crippen molar-refractivity contribution < 1.29 is 9.53 Å². The lowest BCUT2D eigenvalue weighted by molar-refractivity contribution is -0.135. The van der Waals surface area contributed by atoms with Crippen LogP contribution in [0.1, 0.15) is 66.2 Å². The number of carbonyl (C=O) groups is 1. The van der Waals surface area contributed by atoms with Crippen LogP contribution in [0, 0.1) is 34.5 Å². The summed E-state index contributed by atoms with van der Waals surface area (Å²) in [7, 11) is 0. The number of hydrogen-bond acceptors (Lipinski definition) is 2. The molecule has 2 fully saturated rings. The second-order valence-corrected chi connectivity index (χ2v) is 9.44. The molecule has 24 heavy (non-hydrogen) atoms. The molecule has 2 heteroatoms. The molecular formula is C22H32O2. The molecule has 5 atom stereocenters. The molecule has 0 aromatic rings. The zero-order valence-corrected chi connectivity index (χ0v) is 15.7. The SMILES string of the molecule is CCOC1=CC2=CCC3C(CCC4(C)C(=O)C(C)(C)CC34)C2CC1. The molecule has 0 spiro atoms. The van der Waals surface area contributed by atoms with Gasteiger partial charge in [0.15, 0.2) is 0 Å². The predicted molar refractivity (Wildman–Crippen MR) is 96.3 cm³/mol. The highest BCUT2D eigenvalue weighted by Gasteiger charge is 2.61. The highest BCUT2D eigenvalue weighted by molar-refractivity contribution is 5.92. The van der Waals surface area contributed by atoms with E-state index >= 15 is 0 Å². The third-order valence-electron chi connectivity index (χ3n) is 7.68. The normalized spacial score (nSPS) is 43.2. The Morgan fingerprint density at radius 2 is 2.00 bits per heavy atom. The molecule has 0 N–H and O–H groups in total. The van der Waals surface area contributed by atoms with Crippen LogP contribution in [-0.2, 0) is 9.53 Å². The Kier molecular flexibility index (Phi) is 3.75. The molecular weight excluding hydrogens is 296 g/mol. The van der Waals surface area contributed by atoms with E-state index in [0.717, 1.165) is 38.2 Å². The molecule has 0 amide bonds. The van der Waals surface area contributed by atoms with Gasteiger partial charge < -0.3 is 4.74 Å². The van der Waals surface area contributed by atoms with Gasteiger partial charge in [-0.2, -0.15) is 0 Å². The fourth-order valence-corrected chi connectivity index (χ4v) is 6.62. The van der Waals surface area contributed by atoms with Crippen molar-refractivity contribution in [3.63, 3.8) is 0 Å². The number of ether oxygens (including phenoxy) is 1. The van der Waals surface area contributed by atoms with Crippen LogP contribution in [0.4, 0.5) is 0 Å². The molecule has 0 aromatic heterocycles. The summed E-state index contributed by atoms with van der Waals surface area (Å²) in [5, 5.41) is 0. The van der Waals surface area contributed by atoms with E-state index in [4.69, 9.17) is 4.74 Å². The van der Waals surface area contributed by atoms with Crippen molar-refractivity contribution in [1.82, 2.24) is 0 Å². The summed E-state index contributed by atoms with van der Waals surface area (Å²) in [6.45, 7) is 9.47. The van der Waals surface area contributed by atoms with Gasteiger partial charge in [0.05, 0.1) is 12.4 Å². The zero-order chi connectivity index (χ0) is 17.1. The first-order chi connectivity index (χ1) is 11.4. The zero-order valence-electron chi connectivity index (χ0n) is 15.7. The Morgan fingerprint density at radius 1 is 1.21 bits per heavy atom. The number of Topliss-reactive ketones (excluding diaryl/α,β-unsaturated/α-hetero) is 1. The van der Waals surface area contributed by atoms with E-state index in [0.29, 0.717) is 23.5 Å². The standard InChI is InChI=1S/C22H32O2/c1-5-24-15-7-9-16-14(12-15)6-8-18-17(16)10-11-22(4)19(18)13-21(2,3)20(22)23/h6,12,16-19H,5,7-11,13H2,1-4H3. The minimum atomic E-state index is -0.118. The molecule has 0 aliphatic heterocycles. The summed E-state index contributed by atoms with van der Waals surface area (Å²) in [6.07, 6.45) is 11.7. The van der Waals surface area contributed by atoms with Crippen LogP contribution in [0.15, 0.2) is 23.5 Å². The molecule has 0 bridgehead atoms. The largest absolute Gasteiger partial charge is 0.498 e. The van der Waals surface area contributed by atoms with Crippen molar-refractivity contribution >= 4 is 5.78 Å². The third-order valence-corrected chi connectivity index (χ3v) is 7.68. The summed E-state index contributed by atoms with van der Waals surface area (Å²) in [4.78, 5) is 13.0. The Bertz CT molecular complexity index is 611. The Hall–Kier alpha value is -1.05. The van der Waals surface area contributed by atoms with Gasteiger partial charge in [0, 0.05) is 17.3 Å². The maximum absolute atomic E-state index is 13.0. The van der Waals surface area contributed by atoms with Gasteiger partial charge in [0.25, 0.3) is 0 Å². The first kappa shape index (κ1) is 16.4. The predicted octanol–water partition coefficient (Wildman–Crippen LogP) is 5.29. The lowest BCUT2D eigenvalue weighted by Crippen LogP contribution is -2.45. The van der Waals surface area contributed by atoms with E-state index in [-0.39, 0.29) is 10.8 Å². The van der Waals surface area contributed by atoms with E-state index < -0.39 is 0 Å². The average Bonchev–Trinajstić information content (AvgIpc) is 2.74. The van der Waals surface area contributed by atoms with E-state index in [9.17, 15) is 4.79 Å². The van der Waals surface area contributed by atoms with Crippen LogP contribution in [0.25, 0.3) is 0 Å². The Labute approximate surface area is 146 Å². The van der Waals surface area contributed by atoms with Crippen molar-refractivity contribution in [1.29, 1.82) is 0 Å². The molecule has 4 aliphatic rings. The summed E-state index contributed by atoms with van der Waals surface area (Å²) in [5.74, 6) is 4.51. The maximum Gasteiger partial charge on any atom is 0.144 e. The molecule has 0 aromatic carbocycles. The number of allylic oxidation sites excluding steroid dienone is 4. The molecule has 0 saturated heterocycles. The smallest absolute Gasteiger partial charge is 0.144 e. The third kappa shape index (κ3) is 2.24. The minimum Gasteiger partial charge on any atom is -0.498 e. The molecule has 4 rings (SSSR count). The fraction of sp³-hybridized carbons (Fsp3) is 0.773. The van der Waals surface area contributed by atoms with Crippen molar-refractivity contribution in [3.05, 3.63) is 23.5 Å². The quantitative estimate of drug-likeness (QED) is 0.688. The Balaban J connectivity index is 1.63. The monoisotopic (exact) mass is 328 g/mol. The van der Waals surface area contributed by atoms with Gasteiger partial charge in [-0.3, -0.25) is 4.79 Å². The highest BCUT2D eigenvalue weighted by Crippen LogP contribution is 2.63. The van der Waals surface area contributed by atoms with Crippen LogP contribution in [-0.4, -0.2) is 12.4 Å². The van der Waals surface area contributed by atoms with Crippen LogP contribution >= 0.6 is 0 Å². The highest BCUT2D eigenvalue weighted by atomic mass is 16.5. The minimum absolute atomic E-state index is 0.0585. The van der Waals surface area contributed by atoms with E-state index in [1.807, 2.05) is 0 Å². The molecule has 2 saturated carbocycles. The van der Waals surface area contributed by atoms with Crippen LogP contribution in [0.5, 0.6) is 0 Å². The Morgan fingerprint density at radius 3 is 2.75 bits per heavy atom. The first-order valence-corrected chi connectivity index (χ1v) is 9.95. The van der Waals surface area contributed by atoms with Gasteiger partial charge in [-0.1, -0.05) is 26.8 Å². The number of ketones is 1. The molecule has 132 valence electrons. The van der Waals surface area contributed by atoms with E-state index in [1.54, 1.807) is 0 Å². The molecule has 2 nitrogen and oxygen atoms in total. The van der Waals surface area contributed by atoms with E-state index in [1.165, 1.54) is 24.2 Å². The topological polar surface area (TPSA) is 26.3 Å². The second-order valence-electron chi connectivity index (χ2n) is 9.44. The van der Waals surface area contributed by atoms with E-state index in [2.05, 4.69) is 39.8 Å². The fourth-order valence-electron chi connectivity index (χ4n) is 6.62. The number of rotatable bonds is 2. The van der Waals surface area contributed by atoms with Gasteiger partial charge >= 0.3 is 0 Å². The van der Waals surface area contributed by atoms with Crippen LogP contribution < -0.4 is 0 Å². The molecule has 0 radical (unpaired) electrons. The summed E-state index contributed by atoms with van der Waals surface area (Å²) in [5.41, 5.74) is 1.35. The van der Waals surface area contributed by atoms with Gasteiger partial charge in [0.1, 0.15) is 5.78 Å². The number of hydrogen-bond donors (Lipinski definition) is 0. The lowest BCUT2D eigenvalue weighted by Gasteiger charge is -2.50. The first-order valence-electron chi connectivity index (χ1n) is 9.95. The van der Waals surface area contributed by atoms with Gasteiger partial charge in [-0.15, -0.1) is 0 Å². The lowest BCUT2D eigenvalue weighted by atomic mass is 9.53. The van der Waals surface area contributed by atoms with Crippen LogP contribution in [0.3, 0.4) is 0 Å². The van der Waals surface area contributed by atoms with Crippen molar-refractivity contribution in [2.24, 2.45) is 34.5 Å². The van der Waals surface area contributed by atoms with Gasteiger partial charge in [0.2, 0.25) is 0 Å². The molecule has 0 heterocycles. The van der Waals surface area contributed by atoms with Crippen LogP contribution in [0.2, 0.25) is 0 Å². The number of carbonyl (C=O) groups excluding carboxylic acids is 1. The van der Waals surface area contributed by atoms with Gasteiger partial charge in [-0.25, -0.2) is 0 Å². The maximum atomic E-state index is 13.0. The van der Waals surface area contributed by atoms with Crippen molar-refractivity contribution in [3.8, 4) is 0 Å². The van der Waals surface area contributed by atoms with Crippen molar-refractivity contribution in [2.45, 2.75) is 66.2 Å². The second kappa shape index (κ2) is 5.47. The summed E-state index contributed by atoms with van der Waals surface area (Å²) in [6, 6.07) is 0. The average molecular weight is 328 g/mol. The van der Waals surface area contributed by atoms with Gasteiger partial charge in [-0.05, 0) is 74.3 Å². The van der Waals surface area contributed by atoms with Crippen molar-refractivity contribution in [2.75, 3.05) is 6.61 Å². The summed E-state index contributed by atoms with van der Waals surface area (Å²) >= 11 is 0.